The maximum atomic E-state index is 12.4. The molecule has 0 unspecified atom stereocenters. The Morgan fingerprint density at radius 3 is 2.64 bits per heavy atom. The molecule has 2 aromatic heterocycles. The first kappa shape index (κ1) is 16.6. The highest BCUT2D eigenvalue weighted by Crippen LogP contribution is 2.13. The SMILES string of the molecule is CN(Cc1ccc2nonc2c1)C(=O)Cn1ncc(N(C)C)cc1=O. The van der Waals surface area contributed by atoms with Gasteiger partial charge in [0.2, 0.25) is 5.91 Å². The van der Waals surface area contributed by atoms with Crippen LogP contribution in [0.15, 0.2) is 39.9 Å². The molecule has 0 N–H and O–H groups in total. The lowest BCUT2D eigenvalue weighted by Crippen LogP contribution is -2.34. The van der Waals surface area contributed by atoms with Gasteiger partial charge in [0.1, 0.15) is 17.6 Å². The van der Waals surface area contributed by atoms with Crippen molar-refractivity contribution in [2.75, 3.05) is 26.0 Å². The first-order valence-electron chi connectivity index (χ1n) is 7.63. The van der Waals surface area contributed by atoms with Crippen molar-refractivity contribution in [3.8, 4) is 0 Å². The van der Waals surface area contributed by atoms with Gasteiger partial charge in [0.15, 0.2) is 0 Å². The minimum absolute atomic E-state index is 0.114. The largest absolute Gasteiger partial charge is 0.376 e. The second-order valence-corrected chi connectivity index (χ2v) is 5.94. The number of amides is 1. The van der Waals surface area contributed by atoms with Gasteiger partial charge < -0.3 is 9.80 Å². The first-order chi connectivity index (χ1) is 11.9. The van der Waals surface area contributed by atoms with E-state index < -0.39 is 0 Å². The smallest absolute Gasteiger partial charge is 0.269 e. The number of carbonyl (C=O) groups is 1. The zero-order valence-corrected chi connectivity index (χ0v) is 14.2. The molecule has 9 heteroatoms. The zero-order valence-electron chi connectivity index (χ0n) is 14.2. The Morgan fingerprint density at radius 1 is 1.16 bits per heavy atom. The Bertz CT molecular complexity index is 962. The Labute approximate surface area is 143 Å². The lowest BCUT2D eigenvalue weighted by molar-refractivity contribution is -0.131. The van der Waals surface area contributed by atoms with Crippen LogP contribution in [0.4, 0.5) is 5.69 Å². The van der Waals surface area contributed by atoms with E-state index in [0.29, 0.717) is 23.3 Å². The number of hydrogen-bond donors (Lipinski definition) is 0. The van der Waals surface area contributed by atoms with E-state index in [1.165, 1.54) is 11.0 Å². The lowest BCUT2D eigenvalue weighted by Gasteiger charge is -2.18. The monoisotopic (exact) mass is 342 g/mol. The number of hydrogen-bond acceptors (Lipinski definition) is 7. The molecule has 25 heavy (non-hydrogen) atoms. The highest BCUT2D eigenvalue weighted by Gasteiger charge is 2.13. The van der Waals surface area contributed by atoms with Crippen LogP contribution in [0.25, 0.3) is 11.0 Å². The molecule has 0 aliphatic carbocycles. The van der Waals surface area contributed by atoms with Gasteiger partial charge in [0.25, 0.3) is 5.56 Å². The summed E-state index contributed by atoms with van der Waals surface area (Å²) < 4.78 is 5.81. The van der Waals surface area contributed by atoms with Crippen LogP contribution in [0.5, 0.6) is 0 Å². The van der Waals surface area contributed by atoms with Crippen molar-refractivity contribution in [3.05, 3.63) is 46.4 Å². The molecule has 3 rings (SSSR count). The van der Waals surface area contributed by atoms with Gasteiger partial charge in [-0.2, -0.15) is 5.10 Å². The van der Waals surface area contributed by atoms with Crippen LogP contribution in [-0.2, 0) is 17.9 Å². The molecule has 0 atom stereocenters. The molecule has 0 aliphatic rings. The number of likely N-dealkylation sites (N-methyl/N-ethyl adjacent to an activating group) is 1. The maximum absolute atomic E-state index is 12.4. The van der Waals surface area contributed by atoms with Crippen molar-refractivity contribution in [1.82, 2.24) is 25.0 Å². The summed E-state index contributed by atoms with van der Waals surface area (Å²) in [6.45, 7) is 0.267. The summed E-state index contributed by atoms with van der Waals surface area (Å²) in [5.74, 6) is -0.217. The molecule has 9 nitrogen and oxygen atoms in total. The number of anilines is 1. The molecule has 0 saturated carbocycles. The summed E-state index contributed by atoms with van der Waals surface area (Å²) in [5, 5.41) is 11.6. The summed E-state index contributed by atoms with van der Waals surface area (Å²) in [5.41, 5.74) is 2.56. The van der Waals surface area contributed by atoms with Gasteiger partial charge in [-0.25, -0.2) is 9.31 Å². The third-order valence-corrected chi connectivity index (χ3v) is 3.82. The minimum atomic E-state index is -0.317. The number of fused-ring (bicyclic) bond motifs is 1. The summed E-state index contributed by atoms with van der Waals surface area (Å²) in [6.07, 6.45) is 1.56. The number of carbonyl (C=O) groups excluding carboxylic acids is 1. The number of benzene rings is 1. The van der Waals surface area contributed by atoms with Gasteiger partial charge in [0.05, 0.1) is 11.9 Å². The summed E-state index contributed by atoms with van der Waals surface area (Å²) in [4.78, 5) is 27.7. The highest BCUT2D eigenvalue weighted by atomic mass is 16.6. The molecule has 0 aliphatic heterocycles. The van der Waals surface area contributed by atoms with Crippen LogP contribution in [0, 0.1) is 0 Å². The third-order valence-electron chi connectivity index (χ3n) is 3.82. The number of aromatic nitrogens is 4. The molecule has 0 fully saturated rings. The number of rotatable bonds is 5. The van der Waals surface area contributed by atoms with Crippen molar-refractivity contribution in [3.63, 3.8) is 0 Å². The highest BCUT2D eigenvalue weighted by molar-refractivity contribution is 5.76. The molecule has 1 amide bonds. The van der Waals surface area contributed by atoms with Gasteiger partial charge in [0, 0.05) is 33.8 Å². The maximum Gasteiger partial charge on any atom is 0.269 e. The van der Waals surface area contributed by atoms with E-state index in [2.05, 4.69) is 20.0 Å². The Balaban J connectivity index is 1.69. The molecule has 0 bridgehead atoms. The first-order valence-corrected chi connectivity index (χ1v) is 7.63. The van der Waals surface area contributed by atoms with Gasteiger partial charge in [-0.1, -0.05) is 6.07 Å². The van der Waals surface area contributed by atoms with Gasteiger partial charge in [-0.15, -0.1) is 0 Å². The minimum Gasteiger partial charge on any atom is -0.376 e. The Morgan fingerprint density at radius 2 is 1.92 bits per heavy atom. The van der Waals surface area contributed by atoms with Crippen LogP contribution in [0.2, 0.25) is 0 Å². The van der Waals surface area contributed by atoms with Crippen molar-refractivity contribution < 1.29 is 9.42 Å². The Hall–Kier alpha value is -3.23. The lowest BCUT2D eigenvalue weighted by atomic mass is 10.2. The standard InChI is InChI=1S/C16H18N6O3/c1-20(2)12-7-15(23)22(17-8-12)10-16(24)21(3)9-11-4-5-13-14(6-11)19-25-18-13/h4-8H,9-10H2,1-3H3. The van der Waals surface area contributed by atoms with Crippen molar-refractivity contribution in [1.29, 1.82) is 0 Å². The van der Waals surface area contributed by atoms with Crippen LogP contribution in [0.1, 0.15) is 5.56 Å². The van der Waals surface area contributed by atoms with Crippen LogP contribution in [-0.4, -0.2) is 52.0 Å². The van der Waals surface area contributed by atoms with Gasteiger partial charge in [-0.05, 0) is 28.0 Å². The summed E-state index contributed by atoms with van der Waals surface area (Å²) in [7, 11) is 5.31. The molecular weight excluding hydrogens is 324 g/mol. The van der Waals surface area contributed by atoms with E-state index >= 15 is 0 Å². The molecule has 3 aromatic rings. The normalized spacial score (nSPS) is 10.8. The van der Waals surface area contributed by atoms with Crippen LogP contribution < -0.4 is 10.5 Å². The Kier molecular flexibility index (Phi) is 4.46. The van der Waals surface area contributed by atoms with E-state index in [0.717, 1.165) is 10.2 Å². The third kappa shape index (κ3) is 3.65. The average molecular weight is 342 g/mol. The molecule has 2 heterocycles. The second-order valence-electron chi connectivity index (χ2n) is 5.94. The fraction of sp³-hybridized carbons (Fsp3) is 0.312. The van der Waals surface area contributed by atoms with E-state index in [9.17, 15) is 9.59 Å². The van der Waals surface area contributed by atoms with E-state index in [1.54, 1.807) is 24.2 Å². The van der Waals surface area contributed by atoms with Gasteiger partial charge >= 0.3 is 0 Å². The van der Waals surface area contributed by atoms with Crippen LogP contribution >= 0.6 is 0 Å². The molecule has 0 radical (unpaired) electrons. The fourth-order valence-corrected chi connectivity index (χ4v) is 2.32. The predicted octanol–water partition coefficient (Wildman–Crippen LogP) is 0.504. The molecule has 0 saturated heterocycles. The van der Waals surface area contributed by atoms with Crippen molar-refractivity contribution in [2.24, 2.45) is 0 Å². The average Bonchev–Trinajstić information content (AvgIpc) is 3.04. The predicted molar refractivity (Wildman–Crippen MR) is 91.1 cm³/mol. The number of nitrogens with zero attached hydrogens (tertiary/aromatic N) is 6. The van der Waals surface area contributed by atoms with Crippen LogP contribution in [0.3, 0.4) is 0 Å². The molecule has 1 aromatic carbocycles. The fourth-order valence-electron chi connectivity index (χ4n) is 2.32. The summed E-state index contributed by atoms with van der Waals surface area (Å²) >= 11 is 0. The summed E-state index contributed by atoms with van der Waals surface area (Å²) in [6, 6.07) is 6.90. The quantitative estimate of drug-likeness (QED) is 0.666. The molecular formula is C16H18N6O3. The zero-order chi connectivity index (χ0) is 18.0. The van der Waals surface area contributed by atoms with E-state index in [-0.39, 0.29) is 18.0 Å². The van der Waals surface area contributed by atoms with Gasteiger partial charge in [-0.3, -0.25) is 9.59 Å². The van der Waals surface area contributed by atoms with E-state index in [4.69, 9.17) is 0 Å². The van der Waals surface area contributed by atoms with E-state index in [1.807, 2.05) is 26.2 Å². The van der Waals surface area contributed by atoms with Crippen molar-refractivity contribution in [2.45, 2.75) is 13.1 Å². The topological polar surface area (TPSA) is 97.4 Å². The molecule has 130 valence electrons. The molecule has 0 spiro atoms. The van der Waals surface area contributed by atoms with Crippen molar-refractivity contribution >= 4 is 22.6 Å². The second kappa shape index (κ2) is 6.71.